The molecule has 1 atom stereocenters. The van der Waals surface area contributed by atoms with Gasteiger partial charge in [-0.2, -0.15) is 0 Å². The second-order valence-corrected chi connectivity index (χ2v) is 4.10. The lowest BCUT2D eigenvalue weighted by molar-refractivity contribution is -0.0688. The van der Waals surface area contributed by atoms with Gasteiger partial charge in [0.05, 0.1) is 25.4 Å². The molecule has 0 aromatic rings. The monoisotopic (exact) mass is 186 g/mol. The summed E-state index contributed by atoms with van der Waals surface area (Å²) in [4.78, 5) is 0. The Hall–Kier alpha value is -0.700. The van der Waals surface area contributed by atoms with Crippen LogP contribution in [0.3, 0.4) is 0 Å². The lowest BCUT2D eigenvalue weighted by Crippen LogP contribution is -2.29. The fourth-order valence-corrected chi connectivity index (χ4v) is 1.23. The van der Waals surface area contributed by atoms with Crippen molar-refractivity contribution in [2.75, 3.05) is 13.7 Å². The SMILES string of the molecule is COC1=CC(OC(C)(C)C)CCO1. The van der Waals surface area contributed by atoms with E-state index in [1.165, 1.54) is 0 Å². The van der Waals surface area contributed by atoms with Crippen LogP contribution in [-0.2, 0) is 14.2 Å². The van der Waals surface area contributed by atoms with Crippen LogP contribution in [0, 0.1) is 0 Å². The summed E-state index contributed by atoms with van der Waals surface area (Å²) >= 11 is 0. The maximum atomic E-state index is 5.77. The van der Waals surface area contributed by atoms with E-state index < -0.39 is 0 Å². The van der Waals surface area contributed by atoms with Gasteiger partial charge in [-0.15, -0.1) is 0 Å². The van der Waals surface area contributed by atoms with Crippen molar-refractivity contribution >= 4 is 0 Å². The summed E-state index contributed by atoms with van der Waals surface area (Å²) < 4.78 is 16.0. The topological polar surface area (TPSA) is 27.7 Å². The van der Waals surface area contributed by atoms with Gasteiger partial charge < -0.3 is 14.2 Å². The van der Waals surface area contributed by atoms with E-state index in [0.717, 1.165) is 6.42 Å². The van der Waals surface area contributed by atoms with E-state index in [9.17, 15) is 0 Å². The quantitative estimate of drug-likeness (QED) is 0.660. The van der Waals surface area contributed by atoms with Crippen molar-refractivity contribution in [1.82, 2.24) is 0 Å². The first-order valence-corrected chi connectivity index (χ1v) is 4.58. The van der Waals surface area contributed by atoms with Gasteiger partial charge in [0.1, 0.15) is 0 Å². The molecule has 0 N–H and O–H groups in total. The highest BCUT2D eigenvalue weighted by Gasteiger charge is 2.21. The molecule has 0 amide bonds. The number of methoxy groups -OCH3 is 1. The van der Waals surface area contributed by atoms with E-state index in [-0.39, 0.29) is 11.7 Å². The highest BCUT2D eigenvalue weighted by molar-refractivity contribution is 4.95. The molecule has 0 bridgehead atoms. The van der Waals surface area contributed by atoms with Gasteiger partial charge in [-0.3, -0.25) is 0 Å². The summed E-state index contributed by atoms with van der Waals surface area (Å²) in [6.07, 6.45) is 2.89. The van der Waals surface area contributed by atoms with Crippen molar-refractivity contribution in [3.63, 3.8) is 0 Å². The average Bonchev–Trinajstić information content (AvgIpc) is 2.01. The lowest BCUT2D eigenvalue weighted by atomic mass is 10.1. The third-order valence-electron chi connectivity index (χ3n) is 1.67. The molecule has 0 saturated heterocycles. The summed E-state index contributed by atoms with van der Waals surface area (Å²) in [7, 11) is 1.60. The van der Waals surface area contributed by atoms with Crippen LogP contribution in [0.2, 0.25) is 0 Å². The summed E-state index contributed by atoms with van der Waals surface area (Å²) in [5.74, 6) is 0.570. The second-order valence-electron chi connectivity index (χ2n) is 4.10. The van der Waals surface area contributed by atoms with Gasteiger partial charge in [0.15, 0.2) is 0 Å². The summed E-state index contributed by atoms with van der Waals surface area (Å²) in [5, 5.41) is 0. The first-order chi connectivity index (χ1) is 6.01. The Bertz CT molecular complexity index is 191. The van der Waals surface area contributed by atoms with Crippen LogP contribution in [0.4, 0.5) is 0 Å². The Balaban J connectivity index is 2.51. The number of rotatable bonds is 2. The van der Waals surface area contributed by atoms with Crippen LogP contribution in [0.5, 0.6) is 0 Å². The van der Waals surface area contributed by atoms with Crippen molar-refractivity contribution < 1.29 is 14.2 Å². The van der Waals surface area contributed by atoms with Crippen LogP contribution in [0.1, 0.15) is 27.2 Å². The first kappa shape index (κ1) is 10.4. The molecule has 1 unspecified atom stereocenters. The Morgan fingerprint density at radius 3 is 2.69 bits per heavy atom. The van der Waals surface area contributed by atoms with E-state index in [1.807, 2.05) is 26.8 Å². The van der Waals surface area contributed by atoms with Crippen LogP contribution in [0.15, 0.2) is 12.0 Å². The molecule has 3 heteroatoms. The van der Waals surface area contributed by atoms with E-state index in [2.05, 4.69) is 0 Å². The van der Waals surface area contributed by atoms with Gasteiger partial charge in [-0.25, -0.2) is 0 Å². The Labute approximate surface area is 79.7 Å². The van der Waals surface area contributed by atoms with Gasteiger partial charge in [-0.05, 0) is 20.8 Å². The molecule has 1 aliphatic heterocycles. The van der Waals surface area contributed by atoms with Crippen LogP contribution >= 0.6 is 0 Å². The van der Waals surface area contributed by atoms with Crippen LogP contribution in [0.25, 0.3) is 0 Å². The molecule has 0 fully saturated rings. The van der Waals surface area contributed by atoms with Crippen molar-refractivity contribution in [2.45, 2.75) is 38.9 Å². The normalized spacial score (nSPS) is 23.4. The first-order valence-electron chi connectivity index (χ1n) is 4.58. The van der Waals surface area contributed by atoms with Crippen molar-refractivity contribution in [1.29, 1.82) is 0 Å². The maximum Gasteiger partial charge on any atom is 0.277 e. The molecule has 0 radical (unpaired) electrons. The molecule has 0 spiro atoms. The average molecular weight is 186 g/mol. The predicted molar refractivity (Wildman–Crippen MR) is 50.3 cm³/mol. The van der Waals surface area contributed by atoms with Crippen molar-refractivity contribution in [2.24, 2.45) is 0 Å². The molecule has 3 nitrogen and oxygen atoms in total. The van der Waals surface area contributed by atoms with Gasteiger partial charge in [0.2, 0.25) is 0 Å². The molecular formula is C10H18O3. The molecule has 1 rings (SSSR count). The van der Waals surface area contributed by atoms with E-state index >= 15 is 0 Å². The van der Waals surface area contributed by atoms with Crippen molar-refractivity contribution in [3.8, 4) is 0 Å². The molecule has 76 valence electrons. The summed E-state index contributed by atoms with van der Waals surface area (Å²) in [6.45, 7) is 6.80. The molecular weight excluding hydrogens is 168 g/mol. The Morgan fingerprint density at radius 1 is 1.46 bits per heavy atom. The Kier molecular flexibility index (Phi) is 3.20. The Morgan fingerprint density at radius 2 is 2.15 bits per heavy atom. The fourth-order valence-electron chi connectivity index (χ4n) is 1.23. The van der Waals surface area contributed by atoms with Crippen molar-refractivity contribution in [3.05, 3.63) is 12.0 Å². The molecule has 1 heterocycles. The van der Waals surface area contributed by atoms with Crippen LogP contribution < -0.4 is 0 Å². The number of hydrogen-bond donors (Lipinski definition) is 0. The van der Waals surface area contributed by atoms with Gasteiger partial charge >= 0.3 is 0 Å². The van der Waals surface area contributed by atoms with E-state index in [0.29, 0.717) is 12.6 Å². The van der Waals surface area contributed by atoms with E-state index in [1.54, 1.807) is 7.11 Å². The minimum atomic E-state index is -0.114. The molecule has 0 aromatic carbocycles. The molecule has 13 heavy (non-hydrogen) atoms. The van der Waals surface area contributed by atoms with Gasteiger partial charge in [0.25, 0.3) is 5.95 Å². The summed E-state index contributed by atoms with van der Waals surface area (Å²) in [5.41, 5.74) is -0.114. The maximum absolute atomic E-state index is 5.77. The van der Waals surface area contributed by atoms with Gasteiger partial charge in [0, 0.05) is 12.5 Å². The smallest absolute Gasteiger partial charge is 0.277 e. The third kappa shape index (κ3) is 3.68. The number of hydrogen-bond acceptors (Lipinski definition) is 3. The highest BCUT2D eigenvalue weighted by Crippen LogP contribution is 2.19. The van der Waals surface area contributed by atoms with Gasteiger partial charge in [-0.1, -0.05) is 0 Å². The molecule has 0 aromatic heterocycles. The lowest BCUT2D eigenvalue weighted by Gasteiger charge is -2.28. The zero-order valence-electron chi connectivity index (χ0n) is 8.79. The molecule has 1 aliphatic rings. The van der Waals surface area contributed by atoms with Crippen LogP contribution in [-0.4, -0.2) is 25.4 Å². The zero-order chi connectivity index (χ0) is 9.90. The highest BCUT2D eigenvalue weighted by atomic mass is 16.7. The third-order valence-corrected chi connectivity index (χ3v) is 1.67. The second kappa shape index (κ2) is 4.01. The summed E-state index contributed by atoms with van der Waals surface area (Å²) in [6, 6.07) is 0. The molecule has 0 saturated carbocycles. The minimum absolute atomic E-state index is 0.114. The predicted octanol–water partition coefficient (Wildman–Crippen LogP) is 2.08. The van der Waals surface area contributed by atoms with E-state index in [4.69, 9.17) is 14.2 Å². The zero-order valence-corrected chi connectivity index (χ0v) is 8.79. The minimum Gasteiger partial charge on any atom is -0.469 e. The fraction of sp³-hybridized carbons (Fsp3) is 0.800. The number of ether oxygens (including phenoxy) is 3. The standard InChI is InChI=1S/C10H18O3/c1-10(2,3)13-8-5-6-12-9(7-8)11-4/h7-8H,5-6H2,1-4H3. The largest absolute Gasteiger partial charge is 0.469 e. The molecule has 0 aliphatic carbocycles.